The summed E-state index contributed by atoms with van der Waals surface area (Å²) < 4.78 is 74.0. The second kappa shape index (κ2) is 25.9. The van der Waals surface area contributed by atoms with E-state index in [0.717, 1.165) is 6.42 Å². The number of ether oxygens (including phenoxy) is 12. The largest absolute Gasteiger partial charge is 0.454 e. The minimum Gasteiger partial charge on any atom is -0.454 e. The first kappa shape index (κ1) is 64.3. The van der Waals surface area contributed by atoms with E-state index in [0.29, 0.717) is 49.7 Å². The first-order chi connectivity index (χ1) is 39.4. The lowest BCUT2D eigenvalue weighted by atomic mass is 9.41. The maximum atomic E-state index is 14.3. The molecule has 7 unspecified atom stereocenters. The number of aliphatic hydroxyl groups excluding tert-OH is 8. The Morgan fingerprint density at radius 3 is 1.92 bits per heavy atom. The van der Waals surface area contributed by atoms with Crippen LogP contribution in [0.25, 0.3) is 0 Å². The average Bonchev–Trinajstić information content (AvgIpc) is 3.84. The summed E-state index contributed by atoms with van der Waals surface area (Å²) in [6.07, 6.45) is -22.4. The summed E-state index contributed by atoms with van der Waals surface area (Å²) in [6, 6.07) is 8.63. The highest BCUT2D eigenvalue weighted by molar-refractivity contribution is 5.90. The Morgan fingerprint density at radius 2 is 1.28 bits per heavy atom. The highest BCUT2D eigenvalue weighted by Gasteiger charge is 2.76. The highest BCUT2D eigenvalue weighted by Crippen LogP contribution is 2.70. The van der Waals surface area contributed by atoms with Gasteiger partial charge in [0.15, 0.2) is 25.2 Å². The molecule has 9 rings (SSSR count). The van der Waals surface area contributed by atoms with Gasteiger partial charge in [0, 0.05) is 43.5 Å². The van der Waals surface area contributed by atoms with Gasteiger partial charge in [-0.05, 0) is 109 Å². The molecule has 0 bridgehead atoms. The summed E-state index contributed by atoms with van der Waals surface area (Å²) in [6.45, 7) is 10.8. The molecule has 468 valence electrons. The van der Waals surface area contributed by atoms with Crippen molar-refractivity contribution in [2.75, 3.05) is 27.4 Å². The van der Waals surface area contributed by atoms with Crippen molar-refractivity contribution in [1.29, 1.82) is 0 Å². The number of esters is 2. The van der Waals surface area contributed by atoms with Crippen LogP contribution in [0.1, 0.15) is 110 Å². The van der Waals surface area contributed by atoms with Crippen LogP contribution in [0.2, 0.25) is 0 Å². The zero-order valence-corrected chi connectivity index (χ0v) is 48.7. The topological polar surface area (TPSA) is 344 Å². The number of allylic oxidation sites excluding steroid dienone is 1. The Balaban J connectivity index is 0.854. The van der Waals surface area contributed by atoms with E-state index in [1.54, 1.807) is 64.1 Å². The smallest absolute Gasteiger partial charge is 0.338 e. The van der Waals surface area contributed by atoms with Crippen molar-refractivity contribution in [1.82, 2.24) is 0 Å². The van der Waals surface area contributed by atoms with Crippen LogP contribution >= 0.6 is 0 Å². The van der Waals surface area contributed by atoms with Gasteiger partial charge >= 0.3 is 11.9 Å². The molecule has 8 aliphatic rings. The van der Waals surface area contributed by atoms with Gasteiger partial charge in [0.05, 0.1) is 48.8 Å². The fraction of sp³-hybridized carbons (Fsp3) is 0.814. The number of carbonyl (C=O) groups is 3. The lowest BCUT2D eigenvalue weighted by Gasteiger charge is -2.66. The van der Waals surface area contributed by atoms with E-state index in [1.165, 1.54) is 21.1 Å². The van der Waals surface area contributed by atoms with Crippen molar-refractivity contribution in [3.8, 4) is 0 Å². The second-order valence-electron chi connectivity index (χ2n) is 24.8. The molecule has 1 aromatic carbocycles. The van der Waals surface area contributed by atoms with Crippen LogP contribution in [0.3, 0.4) is 0 Å². The number of Topliss-reactive ketones (excluding diaryl/α,β-unsaturated/α-hetero) is 1. The minimum atomic E-state index is -1.87. The first-order valence-electron chi connectivity index (χ1n) is 29.3. The third kappa shape index (κ3) is 11.8. The fourth-order valence-electron chi connectivity index (χ4n) is 15.7. The van der Waals surface area contributed by atoms with Gasteiger partial charge in [-0.25, -0.2) is 9.59 Å². The standard InChI is InChI=1S/C59H88O24/c1-10-26(2)52(69)83-51-49(79-53(70)30-14-12-11-13-15-30)39-34(59(71)21-19-33(27(3)62)58(51,59)7)17-16-31-22-32(18-20-57(31,39)6)76-38-23-35(72-8)46(28(4)74-38)80-56-45(68)50(73-9)47(29(5)75-56)81-55-44(67)42(65)48(37(25-61)78-55)82-54-43(66)41(64)40(63)36(24-60)77-54/h10-15,28-29,31-51,54-56,60-61,63-68,71H,16-25H2,1-9H3/b26-10+/t28?,29?,31-,32-,33+,34+,35+,36?,37?,38-,39+,40+,41-,42+,43?,44?,45?,46+,47+,48+,49-,50+,51+,54-,55-,56-,57-,58-,59-/m0/s1. The van der Waals surface area contributed by atoms with E-state index < -0.39 is 188 Å². The Bertz CT molecular complexity index is 2410. The molecule has 1 aromatic rings. The normalized spacial score (nSPS) is 48.3. The second-order valence-corrected chi connectivity index (χ2v) is 24.8. The van der Waals surface area contributed by atoms with E-state index in [2.05, 4.69) is 6.92 Å². The summed E-state index contributed by atoms with van der Waals surface area (Å²) in [7, 11) is 2.86. The van der Waals surface area contributed by atoms with Crippen LogP contribution in [-0.4, -0.2) is 232 Å². The molecule has 4 saturated carbocycles. The lowest BCUT2D eigenvalue weighted by Crippen LogP contribution is -2.73. The number of ketones is 1. The van der Waals surface area contributed by atoms with E-state index in [1.807, 2.05) is 6.92 Å². The van der Waals surface area contributed by atoms with E-state index >= 15 is 0 Å². The molecule has 0 spiro atoms. The Labute approximate surface area is 483 Å². The SMILES string of the molecule is C/C=C(\C)C(=O)O[C@@H]1[C@@H](OC(=O)c2ccccc2)[C@H]2[C@@H](CC[C@H]3C[C@@H](O[C@H]4C[C@@H](OC)[C@H](O[C@@H]5OC(C)[C@@H](O[C@@H]6OC(CO)[C@@H](O[C@@H]7OC(CO)[C@@H](O)[C@H](O)C7O)[C@H](O)C6O)[C@H](OC)C5O)C(C)O4)CC[C@@]32C)[C@@]2(O)CC[C@H](C(C)=O)[C@@]12C. The molecule has 0 radical (unpaired) electrons. The monoisotopic (exact) mass is 1180 g/mol. The summed E-state index contributed by atoms with van der Waals surface area (Å²) in [5.74, 6) is -2.83. The molecule has 4 heterocycles. The highest BCUT2D eigenvalue weighted by atomic mass is 16.8. The van der Waals surface area contributed by atoms with Crippen molar-refractivity contribution in [2.24, 2.45) is 34.5 Å². The number of methoxy groups -OCH3 is 2. The number of carbonyl (C=O) groups excluding carboxylic acids is 3. The number of aliphatic hydroxyl groups is 9. The van der Waals surface area contributed by atoms with E-state index in [-0.39, 0.29) is 24.2 Å². The fourth-order valence-corrected chi connectivity index (χ4v) is 15.7. The molecule has 83 heavy (non-hydrogen) atoms. The Kier molecular flexibility index (Phi) is 20.0. The summed E-state index contributed by atoms with van der Waals surface area (Å²) >= 11 is 0. The Morgan fingerprint density at radius 1 is 0.651 bits per heavy atom. The van der Waals surface area contributed by atoms with Gasteiger partial charge in [-0.3, -0.25) is 4.79 Å². The van der Waals surface area contributed by atoms with Gasteiger partial charge in [0.1, 0.15) is 91.2 Å². The summed E-state index contributed by atoms with van der Waals surface area (Å²) in [4.78, 5) is 41.8. The molecule has 4 saturated heterocycles. The Hall–Kier alpha value is -3.19. The molecule has 0 amide bonds. The van der Waals surface area contributed by atoms with Crippen molar-refractivity contribution in [2.45, 2.75) is 240 Å². The average molecular weight is 1180 g/mol. The van der Waals surface area contributed by atoms with Crippen molar-refractivity contribution in [3.05, 3.63) is 47.5 Å². The maximum absolute atomic E-state index is 14.3. The minimum absolute atomic E-state index is 0.0147. The van der Waals surface area contributed by atoms with Crippen molar-refractivity contribution >= 4 is 17.7 Å². The molecule has 24 nitrogen and oxygen atoms in total. The maximum Gasteiger partial charge on any atom is 0.338 e. The van der Waals surface area contributed by atoms with Crippen LogP contribution in [0, 0.1) is 34.5 Å². The predicted octanol–water partition coefficient (Wildman–Crippen LogP) is 0.723. The lowest BCUT2D eigenvalue weighted by molar-refractivity contribution is -0.384. The van der Waals surface area contributed by atoms with Gasteiger partial charge in [-0.1, -0.05) is 38.1 Å². The van der Waals surface area contributed by atoms with Crippen LogP contribution in [0.15, 0.2) is 42.0 Å². The van der Waals surface area contributed by atoms with Gasteiger partial charge in [-0.2, -0.15) is 0 Å². The molecule has 24 heteroatoms. The zero-order chi connectivity index (χ0) is 60.2. The van der Waals surface area contributed by atoms with Crippen LogP contribution in [-0.2, 0) is 66.4 Å². The molecule has 4 aliphatic heterocycles. The number of fused-ring (bicyclic) bond motifs is 5. The van der Waals surface area contributed by atoms with Gasteiger partial charge in [0.25, 0.3) is 0 Å². The third-order valence-corrected chi connectivity index (χ3v) is 20.4. The summed E-state index contributed by atoms with van der Waals surface area (Å²) in [5.41, 5.74) is -2.57. The van der Waals surface area contributed by atoms with Gasteiger partial charge in [0.2, 0.25) is 0 Å². The number of rotatable bonds is 17. The van der Waals surface area contributed by atoms with Crippen LogP contribution < -0.4 is 0 Å². The first-order valence-corrected chi connectivity index (χ1v) is 29.3. The number of benzene rings is 1. The molecular weight excluding hydrogens is 1090 g/mol. The predicted molar refractivity (Wildman–Crippen MR) is 285 cm³/mol. The zero-order valence-electron chi connectivity index (χ0n) is 48.7. The van der Waals surface area contributed by atoms with Crippen LogP contribution in [0.5, 0.6) is 0 Å². The summed E-state index contributed by atoms with van der Waals surface area (Å²) in [5, 5.41) is 98.5. The van der Waals surface area contributed by atoms with E-state index in [9.17, 15) is 60.3 Å². The molecular formula is C59H88O24. The van der Waals surface area contributed by atoms with Crippen molar-refractivity contribution in [3.63, 3.8) is 0 Å². The number of hydrogen-bond acceptors (Lipinski definition) is 24. The van der Waals surface area contributed by atoms with Crippen molar-refractivity contribution < 1.29 is 117 Å². The van der Waals surface area contributed by atoms with Gasteiger partial charge in [-0.15, -0.1) is 0 Å². The van der Waals surface area contributed by atoms with Gasteiger partial charge < -0.3 is 103 Å². The molecule has 8 fully saturated rings. The number of hydrogen-bond donors (Lipinski definition) is 9. The molecule has 29 atom stereocenters. The molecule has 4 aliphatic carbocycles. The van der Waals surface area contributed by atoms with E-state index in [4.69, 9.17) is 56.8 Å². The third-order valence-electron chi connectivity index (χ3n) is 20.4. The van der Waals surface area contributed by atoms with Crippen LogP contribution in [0.4, 0.5) is 0 Å². The molecule has 0 aromatic heterocycles. The quantitative estimate of drug-likeness (QED) is 0.0590. The molecule has 9 N–H and O–H groups in total.